The molecule has 0 unspecified atom stereocenters. The molecule has 0 spiro atoms. The minimum atomic E-state index is -0.128. The SMILES string of the molecule is COc1ccc([C@H](c2nnnn2Cc2ccccc2)N2CCc3ccccc3C2)cc1OC. The van der Waals surface area contributed by atoms with Crippen molar-refractivity contribution < 1.29 is 9.47 Å². The van der Waals surface area contributed by atoms with Gasteiger partial charge in [-0.3, -0.25) is 4.90 Å². The lowest BCUT2D eigenvalue weighted by atomic mass is 9.95. The lowest BCUT2D eigenvalue weighted by Gasteiger charge is -2.35. The van der Waals surface area contributed by atoms with Crippen LogP contribution in [0.1, 0.15) is 34.1 Å². The number of hydrogen-bond donors (Lipinski definition) is 0. The second-order valence-corrected chi connectivity index (χ2v) is 8.19. The lowest BCUT2D eigenvalue weighted by Crippen LogP contribution is -2.36. The first-order chi connectivity index (χ1) is 16.3. The van der Waals surface area contributed by atoms with Crippen molar-refractivity contribution in [1.29, 1.82) is 0 Å². The Morgan fingerprint density at radius 1 is 0.879 bits per heavy atom. The molecule has 1 aromatic heterocycles. The summed E-state index contributed by atoms with van der Waals surface area (Å²) in [7, 11) is 3.31. The van der Waals surface area contributed by atoms with Crippen LogP contribution in [0.3, 0.4) is 0 Å². The number of hydrogen-bond acceptors (Lipinski definition) is 6. The Bertz CT molecular complexity index is 1220. The summed E-state index contributed by atoms with van der Waals surface area (Å²) in [5, 5.41) is 12.9. The third kappa shape index (κ3) is 4.32. The van der Waals surface area contributed by atoms with Gasteiger partial charge in [0.25, 0.3) is 0 Å². The van der Waals surface area contributed by atoms with Gasteiger partial charge in [0.1, 0.15) is 0 Å². The molecule has 3 aromatic carbocycles. The summed E-state index contributed by atoms with van der Waals surface area (Å²) in [4.78, 5) is 2.44. The minimum absolute atomic E-state index is 0.128. The molecule has 7 heteroatoms. The average Bonchev–Trinajstić information content (AvgIpc) is 3.32. The molecular formula is C26H27N5O2. The number of tetrazole rings is 1. The summed E-state index contributed by atoms with van der Waals surface area (Å²) in [6.07, 6.45) is 0.986. The molecule has 0 saturated heterocycles. The van der Waals surface area contributed by atoms with E-state index in [0.29, 0.717) is 18.0 Å². The van der Waals surface area contributed by atoms with Gasteiger partial charge in [0, 0.05) is 13.1 Å². The van der Waals surface area contributed by atoms with Gasteiger partial charge in [-0.1, -0.05) is 60.7 Å². The van der Waals surface area contributed by atoms with Crippen LogP contribution in [0.2, 0.25) is 0 Å². The van der Waals surface area contributed by atoms with Crippen molar-refractivity contribution in [3.8, 4) is 11.5 Å². The summed E-state index contributed by atoms with van der Waals surface area (Å²) in [6, 6.07) is 24.8. The van der Waals surface area contributed by atoms with E-state index in [2.05, 4.69) is 62.9 Å². The maximum atomic E-state index is 5.61. The summed E-state index contributed by atoms with van der Waals surface area (Å²) < 4.78 is 13.0. The fraction of sp³-hybridized carbons (Fsp3) is 0.269. The number of benzene rings is 3. The number of nitrogens with zero attached hydrogens (tertiary/aromatic N) is 5. The van der Waals surface area contributed by atoms with Crippen molar-refractivity contribution in [3.63, 3.8) is 0 Å². The van der Waals surface area contributed by atoms with Crippen molar-refractivity contribution >= 4 is 0 Å². The second kappa shape index (κ2) is 9.42. The normalized spacial score (nSPS) is 14.5. The molecule has 0 bridgehead atoms. The van der Waals surface area contributed by atoms with Crippen molar-refractivity contribution in [3.05, 3.63) is 101 Å². The Balaban J connectivity index is 1.57. The smallest absolute Gasteiger partial charge is 0.173 e. The minimum Gasteiger partial charge on any atom is -0.493 e. The molecule has 1 atom stereocenters. The maximum absolute atomic E-state index is 5.61. The molecule has 168 valence electrons. The molecule has 4 aromatic rings. The highest BCUT2D eigenvalue weighted by Crippen LogP contribution is 2.36. The van der Waals surface area contributed by atoms with E-state index in [-0.39, 0.29) is 6.04 Å². The largest absolute Gasteiger partial charge is 0.493 e. The zero-order valence-electron chi connectivity index (χ0n) is 18.9. The van der Waals surface area contributed by atoms with Gasteiger partial charge in [0.15, 0.2) is 17.3 Å². The Morgan fingerprint density at radius 2 is 1.64 bits per heavy atom. The van der Waals surface area contributed by atoms with E-state index >= 15 is 0 Å². The topological polar surface area (TPSA) is 65.3 Å². The van der Waals surface area contributed by atoms with Crippen LogP contribution in [-0.2, 0) is 19.5 Å². The second-order valence-electron chi connectivity index (χ2n) is 8.19. The Labute approximate surface area is 193 Å². The number of methoxy groups -OCH3 is 2. The van der Waals surface area contributed by atoms with Crippen molar-refractivity contribution in [2.24, 2.45) is 0 Å². The molecule has 5 rings (SSSR count). The van der Waals surface area contributed by atoms with E-state index in [1.165, 1.54) is 11.1 Å². The quantitative estimate of drug-likeness (QED) is 0.434. The first-order valence-corrected chi connectivity index (χ1v) is 11.1. The van der Waals surface area contributed by atoms with Gasteiger partial charge in [0.05, 0.1) is 26.8 Å². The van der Waals surface area contributed by atoms with Crippen molar-refractivity contribution in [1.82, 2.24) is 25.1 Å². The van der Waals surface area contributed by atoms with Gasteiger partial charge < -0.3 is 9.47 Å². The summed E-state index contributed by atoms with van der Waals surface area (Å²) in [5.41, 5.74) is 4.97. The van der Waals surface area contributed by atoms with Gasteiger partial charge >= 0.3 is 0 Å². The van der Waals surface area contributed by atoms with Gasteiger partial charge in [-0.25, -0.2) is 4.68 Å². The van der Waals surface area contributed by atoms with Crippen molar-refractivity contribution in [2.45, 2.75) is 25.6 Å². The fourth-order valence-electron chi connectivity index (χ4n) is 4.56. The summed E-state index contributed by atoms with van der Waals surface area (Å²) >= 11 is 0. The molecule has 1 aliphatic rings. The monoisotopic (exact) mass is 441 g/mol. The number of rotatable bonds is 7. The van der Waals surface area contributed by atoms with Crippen LogP contribution in [0.4, 0.5) is 0 Å². The van der Waals surface area contributed by atoms with Gasteiger partial charge in [-0.05, 0) is 51.2 Å². The Morgan fingerprint density at radius 3 is 2.42 bits per heavy atom. The third-order valence-electron chi connectivity index (χ3n) is 6.23. The van der Waals surface area contributed by atoms with Crippen LogP contribution in [0.25, 0.3) is 0 Å². The molecule has 1 aliphatic heterocycles. The number of aromatic nitrogens is 4. The van der Waals surface area contributed by atoms with Crippen LogP contribution in [0, 0.1) is 0 Å². The molecule has 0 fully saturated rings. The van der Waals surface area contributed by atoms with E-state index in [1.807, 2.05) is 35.0 Å². The predicted molar refractivity (Wildman–Crippen MR) is 125 cm³/mol. The van der Waals surface area contributed by atoms with E-state index in [9.17, 15) is 0 Å². The van der Waals surface area contributed by atoms with Crippen LogP contribution < -0.4 is 9.47 Å². The van der Waals surface area contributed by atoms with Crippen LogP contribution in [0.15, 0.2) is 72.8 Å². The van der Waals surface area contributed by atoms with Gasteiger partial charge in [0.2, 0.25) is 0 Å². The standard InChI is InChI=1S/C26H27N5O2/c1-32-23-13-12-21(16-24(23)33-2)25(30-15-14-20-10-6-7-11-22(20)18-30)26-27-28-29-31(26)17-19-8-4-3-5-9-19/h3-13,16,25H,14-15,17-18H2,1-2H3/t25-/m1/s1. The zero-order chi connectivity index (χ0) is 22.6. The van der Waals surface area contributed by atoms with Gasteiger partial charge in [-0.15, -0.1) is 5.10 Å². The molecule has 0 radical (unpaired) electrons. The summed E-state index contributed by atoms with van der Waals surface area (Å²) in [6.45, 7) is 2.35. The lowest BCUT2D eigenvalue weighted by molar-refractivity contribution is 0.194. The van der Waals surface area contributed by atoms with E-state index in [1.54, 1.807) is 14.2 Å². The molecule has 0 N–H and O–H groups in total. The molecule has 2 heterocycles. The van der Waals surface area contributed by atoms with Crippen molar-refractivity contribution in [2.75, 3.05) is 20.8 Å². The van der Waals surface area contributed by atoms with Crippen LogP contribution >= 0.6 is 0 Å². The number of ether oxygens (including phenoxy) is 2. The molecular weight excluding hydrogens is 414 g/mol. The first kappa shape index (κ1) is 21.2. The Hall–Kier alpha value is -3.71. The van der Waals surface area contributed by atoms with Crippen LogP contribution in [-0.4, -0.2) is 45.9 Å². The van der Waals surface area contributed by atoms with E-state index < -0.39 is 0 Å². The molecule has 0 aliphatic carbocycles. The fourth-order valence-corrected chi connectivity index (χ4v) is 4.56. The maximum Gasteiger partial charge on any atom is 0.173 e. The number of fused-ring (bicyclic) bond motifs is 1. The third-order valence-corrected chi connectivity index (χ3v) is 6.23. The van der Waals surface area contributed by atoms with Crippen LogP contribution in [0.5, 0.6) is 11.5 Å². The van der Waals surface area contributed by atoms with E-state index in [4.69, 9.17) is 9.47 Å². The van der Waals surface area contributed by atoms with Gasteiger partial charge in [-0.2, -0.15) is 0 Å². The molecule has 0 saturated carbocycles. The zero-order valence-corrected chi connectivity index (χ0v) is 18.9. The van der Waals surface area contributed by atoms with E-state index in [0.717, 1.165) is 36.5 Å². The molecule has 0 amide bonds. The highest BCUT2D eigenvalue weighted by molar-refractivity contribution is 5.45. The first-order valence-electron chi connectivity index (χ1n) is 11.1. The summed E-state index contributed by atoms with van der Waals surface area (Å²) in [5.74, 6) is 2.21. The average molecular weight is 442 g/mol. The Kier molecular flexibility index (Phi) is 6.04. The molecule has 7 nitrogen and oxygen atoms in total. The molecule has 33 heavy (non-hydrogen) atoms. The highest BCUT2D eigenvalue weighted by Gasteiger charge is 2.31. The highest BCUT2D eigenvalue weighted by atomic mass is 16.5. The predicted octanol–water partition coefficient (Wildman–Crippen LogP) is 3.89.